The second-order valence-electron chi connectivity index (χ2n) is 9.00. The maximum absolute atomic E-state index is 6.24. The molecule has 0 spiro atoms. The molecular formula is C32H34Cl2N4O3. The Morgan fingerprint density at radius 2 is 1.17 bits per heavy atom. The Morgan fingerprint density at radius 1 is 0.585 bits per heavy atom. The van der Waals surface area contributed by atoms with Crippen LogP contribution in [-0.4, -0.2) is 34.1 Å². The van der Waals surface area contributed by atoms with Gasteiger partial charge in [0.1, 0.15) is 5.75 Å². The highest BCUT2D eigenvalue weighted by molar-refractivity contribution is 6.08. The number of fused-ring (bicyclic) bond motifs is 3. The van der Waals surface area contributed by atoms with Gasteiger partial charge < -0.3 is 26.3 Å². The van der Waals surface area contributed by atoms with Gasteiger partial charge in [-0.05, 0) is 49.2 Å². The lowest BCUT2D eigenvalue weighted by Gasteiger charge is -2.16. The van der Waals surface area contributed by atoms with Crippen LogP contribution in [0.15, 0.2) is 109 Å². The van der Waals surface area contributed by atoms with Crippen LogP contribution in [0.25, 0.3) is 32.7 Å². The lowest BCUT2D eigenvalue weighted by Crippen LogP contribution is -2.06. The summed E-state index contributed by atoms with van der Waals surface area (Å²) in [6.45, 7) is 1.53. The third-order valence-corrected chi connectivity index (χ3v) is 6.53. The van der Waals surface area contributed by atoms with Crippen LogP contribution in [0.4, 0.5) is 17.1 Å². The van der Waals surface area contributed by atoms with Crippen molar-refractivity contribution in [3.63, 3.8) is 0 Å². The van der Waals surface area contributed by atoms with Crippen molar-refractivity contribution < 1.29 is 15.7 Å². The molecule has 0 amide bonds. The number of unbranched alkanes of at least 4 members (excludes halogenated alkanes) is 1. The number of halogens is 2. The molecule has 41 heavy (non-hydrogen) atoms. The number of pyridine rings is 2. The minimum Gasteiger partial charge on any atom is -0.491 e. The van der Waals surface area contributed by atoms with E-state index >= 15 is 0 Å². The van der Waals surface area contributed by atoms with Crippen molar-refractivity contribution in [1.82, 2.24) is 9.97 Å². The molecule has 0 radical (unpaired) electrons. The van der Waals surface area contributed by atoms with Crippen molar-refractivity contribution in [3.05, 3.63) is 109 Å². The first-order valence-electron chi connectivity index (χ1n) is 12.7. The number of benzene rings is 4. The van der Waals surface area contributed by atoms with E-state index in [0.717, 1.165) is 74.9 Å². The zero-order valence-corrected chi connectivity index (χ0v) is 24.0. The standard InChI is InChI=1S/C32H28N4O.2ClH.2H2O/c1-4-14-26-23(11-1)27(19-21-34-26)33-20-9-10-22-37-31-18-8-7-17-30(31)36-32-24-12-2-5-15-28(24)35-29-16-6-3-13-25(29)32;;;;/h1-8,11-19,21H,9-10,20,22H2,(H,33,34)(H,35,36);2*1H;2*1H2. The molecule has 4 aromatic carbocycles. The molecule has 9 heteroatoms. The Morgan fingerprint density at radius 3 is 1.88 bits per heavy atom. The largest absolute Gasteiger partial charge is 0.491 e. The van der Waals surface area contributed by atoms with Crippen LogP contribution in [0.3, 0.4) is 0 Å². The van der Waals surface area contributed by atoms with Gasteiger partial charge in [-0.2, -0.15) is 0 Å². The van der Waals surface area contributed by atoms with Gasteiger partial charge in [0.25, 0.3) is 0 Å². The summed E-state index contributed by atoms with van der Waals surface area (Å²) in [5.74, 6) is 0.848. The molecule has 0 saturated heterocycles. The number of anilines is 3. The van der Waals surface area contributed by atoms with Crippen molar-refractivity contribution in [2.24, 2.45) is 0 Å². The summed E-state index contributed by atoms with van der Waals surface area (Å²) in [5.41, 5.74) is 6.07. The first kappa shape index (κ1) is 33.1. The molecule has 7 nitrogen and oxygen atoms in total. The molecule has 0 fully saturated rings. The van der Waals surface area contributed by atoms with E-state index in [1.165, 1.54) is 0 Å². The molecular weight excluding hydrogens is 559 g/mol. The summed E-state index contributed by atoms with van der Waals surface area (Å²) < 4.78 is 6.24. The molecule has 0 aliphatic heterocycles. The van der Waals surface area contributed by atoms with E-state index in [4.69, 9.17) is 9.72 Å². The number of para-hydroxylation sites is 5. The highest BCUT2D eigenvalue weighted by Gasteiger charge is 2.11. The van der Waals surface area contributed by atoms with Gasteiger partial charge in [0.2, 0.25) is 0 Å². The molecule has 6 N–H and O–H groups in total. The zero-order chi connectivity index (χ0) is 24.9. The van der Waals surface area contributed by atoms with Gasteiger partial charge in [-0.1, -0.05) is 66.7 Å². The van der Waals surface area contributed by atoms with Crippen molar-refractivity contribution in [2.75, 3.05) is 23.8 Å². The fraction of sp³-hybridized carbons (Fsp3) is 0.125. The monoisotopic (exact) mass is 592 g/mol. The molecule has 0 unspecified atom stereocenters. The molecule has 0 saturated carbocycles. The predicted molar refractivity (Wildman–Crippen MR) is 176 cm³/mol. The third kappa shape index (κ3) is 7.34. The molecule has 6 aromatic rings. The van der Waals surface area contributed by atoms with E-state index in [-0.39, 0.29) is 35.8 Å². The number of ether oxygens (including phenoxy) is 1. The Kier molecular flexibility index (Phi) is 12.6. The van der Waals surface area contributed by atoms with Crippen LogP contribution in [0.5, 0.6) is 5.75 Å². The van der Waals surface area contributed by atoms with Crippen molar-refractivity contribution in [1.29, 1.82) is 0 Å². The summed E-state index contributed by atoms with van der Waals surface area (Å²) in [6.07, 6.45) is 3.81. The van der Waals surface area contributed by atoms with Gasteiger partial charge in [-0.25, -0.2) is 4.98 Å². The lowest BCUT2D eigenvalue weighted by atomic mass is 10.1. The van der Waals surface area contributed by atoms with Crippen LogP contribution in [-0.2, 0) is 0 Å². The van der Waals surface area contributed by atoms with Gasteiger partial charge >= 0.3 is 0 Å². The zero-order valence-electron chi connectivity index (χ0n) is 22.3. The predicted octanol–water partition coefficient (Wildman–Crippen LogP) is 7.15. The minimum atomic E-state index is 0. The highest BCUT2D eigenvalue weighted by atomic mass is 35.5. The van der Waals surface area contributed by atoms with Crippen LogP contribution in [0, 0.1) is 0 Å². The molecule has 2 heterocycles. The van der Waals surface area contributed by atoms with Gasteiger partial charge in [-0.3, -0.25) is 4.98 Å². The number of hydrogen-bond donors (Lipinski definition) is 2. The van der Waals surface area contributed by atoms with E-state index in [0.29, 0.717) is 6.61 Å². The van der Waals surface area contributed by atoms with Crippen LogP contribution in [0.1, 0.15) is 12.8 Å². The number of nitrogens with zero attached hydrogens (tertiary/aromatic N) is 2. The first-order valence-corrected chi connectivity index (χ1v) is 12.7. The Bertz CT molecular complexity index is 1640. The quantitative estimate of drug-likeness (QED) is 0.136. The summed E-state index contributed by atoms with van der Waals surface area (Å²) in [5, 5.41) is 10.5. The number of nitrogens with one attached hydrogen (secondary N) is 2. The molecule has 0 aliphatic rings. The number of hydrogen-bond acceptors (Lipinski definition) is 5. The van der Waals surface area contributed by atoms with Crippen molar-refractivity contribution in [3.8, 4) is 5.75 Å². The smallest absolute Gasteiger partial charge is 0.142 e. The molecule has 0 atom stereocenters. The van der Waals surface area contributed by atoms with Crippen LogP contribution < -0.4 is 15.4 Å². The Hall–Kier alpha value is -4.14. The first-order chi connectivity index (χ1) is 18.4. The molecule has 0 aliphatic carbocycles. The summed E-state index contributed by atoms with van der Waals surface area (Å²) in [4.78, 5) is 9.27. The lowest BCUT2D eigenvalue weighted by molar-refractivity contribution is 0.310. The van der Waals surface area contributed by atoms with Crippen LogP contribution >= 0.6 is 24.8 Å². The number of aromatic nitrogens is 2. The van der Waals surface area contributed by atoms with E-state index < -0.39 is 0 Å². The second-order valence-corrected chi connectivity index (χ2v) is 9.00. The summed E-state index contributed by atoms with van der Waals surface area (Å²) >= 11 is 0. The molecule has 6 rings (SSSR count). The van der Waals surface area contributed by atoms with Gasteiger partial charge in [0.05, 0.1) is 34.5 Å². The molecule has 2 aromatic heterocycles. The van der Waals surface area contributed by atoms with E-state index in [1.807, 2.05) is 60.8 Å². The van der Waals surface area contributed by atoms with Gasteiger partial charge in [-0.15, -0.1) is 24.8 Å². The fourth-order valence-electron chi connectivity index (χ4n) is 4.69. The average Bonchev–Trinajstić information content (AvgIpc) is 2.95. The van der Waals surface area contributed by atoms with E-state index in [2.05, 4.69) is 64.1 Å². The van der Waals surface area contributed by atoms with E-state index in [9.17, 15) is 0 Å². The van der Waals surface area contributed by atoms with E-state index in [1.54, 1.807) is 0 Å². The third-order valence-electron chi connectivity index (χ3n) is 6.53. The Balaban J connectivity index is 0.00000147. The topological polar surface area (TPSA) is 122 Å². The average molecular weight is 594 g/mol. The fourth-order valence-corrected chi connectivity index (χ4v) is 4.69. The van der Waals surface area contributed by atoms with Crippen molar-refractivity contribution in [2.45, 2.75) is 12.8 Å². The second kappa shape index (κ2) is 15.6. The normalized spacial score (nSPS) is 10.0. The minimum absolute atomic E-state index is 0. The Labute approximate surface area is 251 Å². The van der Waals surface area contributed by atoms with Gasteiger partial charge in [0.15, 0.2) is 0 Å². The molecule has 214 valence electrons. The maximum Gasteiger partial charge on any atom is 0.142 e. The summed E-state index contributed by atoms with van der Waals surface area (Å²) in [6, 6.07) is 34.9. The molecule has 0 bridgehead atoms. The number of rotatable bonds is 9. The van der Waals surface area contributed by atoms with Crippen LogP contribution in [0.2, 0.25) is 0 Å². The summed E-state index contributed by atoms with van der Waals surface area (Å²) in [7, 11) is 0. The van der Waals surface area contributed by atoms with Gasteiger partial charge in [0, 0.05) is 34.6 Å². The maximum atomic E-state index is 6.24. The van der Waals surface area contributed by atoms with Crippen molar-refractivity contribution >= 4 is 74.6 Å². The SMILES string of the molecule is Cl.Cl.O.O.c1ccc(OCCCCNc2ccnc3ccccc23)c(Nc2c3ccccc3nc3ccccc23)c1. The highest BCUT2D eigenvalue weighted by Crippen LogP contribution is 2.36.